The summed E-state index contributed by atoms with van der Waals surface area (Å²) >= 11 is 0. The van der Waals surface area contributed by atoms with Crippen molar-refractivity contribution in [2.75, 3.05) is 6.61 Å². The SMILES string of the molecule is CC1CCCC(CO)(NCc2cccn2C)C1. The minimum absolute atomic E-state index is 0.0536. The van der Waals surface area contributed by atoms with E-state index in [0.29, 0.717) is 0 Å². The van der Waals surface area contributed by atoms with E-state index in [1.54, 1.807) is 0 Å². The first-order valence-corrected chi connectivity index (χ1v) is 6.61. The molecule has 1 aromatic rings. The summed E-state index contributed by atoms with van der Waals surface area (Å²) in [6, 6.07) is 4.19. The number of hydrogen-bond donors (Lipinski definition) is 2. The molecule has 0 bridgehead atoms. The molecule has 2 atom stereocenters. The highest BCUT2D eigenvalue weighted by Crippen LogP contribution is 2.32. The fraction of sp³-hybridized carbons (Fsp3) is 0.714. The summed E-state index contributed by atoms with van der Waals surface area (Å²) in [5, 5.41) is 13.3. The standard InChI is InChI=1S/C14H24N2O/c1-12-5-3-7-14(9-12,11-17)15-10-13-6-4-8-16(13)2/h4,6,8,12,15,17H,3,5,7,9-11H2,1-2H3. The lowest BCUT2D eigenvalue weighted by atomic mass is 9.77. The van der Waals surface area contributed by atoms with E-state index in [1.165, 1.54) is 18.5 Å². The second kappa shape index (κ2) is 5.23. The number of hydrogen-bond acceptors (Lipinski definition) is 2. The van der Waals surface area contributed by atoms with Crippen LogP contribution in [0.1, 0.15) is 38.3 Å². The lowest BCUT2D eigenvalue weighted by Gasteiger charge is -2.39. The number of rotatable bonds is 4. The Balaban J connectivity index is 1.97. The van der Waals surface area contributed by atoms with Crippen molar-refractivity contribution >= 4 is 0 Å². The quantitative estimate of drug-likeness (QED) is 0.839. The van der Waals surface area contributed by atoms with E-state index >= 15 is 0 Å². The molecule has 2 N–H and O–H groups in total. The Morgan fingerprint density at radius 1 is 1.59 bits per heavy atom. The molecule has 2 rings (SSSR count). The van der Waals surface area contributed by atoms with Crippen LogP contribution in [0.15, 0.2) is 18.3 Å². The first kappa shape index (κ1) is 12.7. The topological polar surface area (TPSA) is 37.2 Å². The van der Waals surface area contributed by atoms with Crippen molar-refractivity contribution in [3.63, 3.8) is 0 Å². The van der Waals surface area contributed by atoms with E-state index in [4.69, 9.17) is 0 Å². The minimum atomic E-state index is -0.0536. The highest BCUT2D eigenvalue weighted by Gasteiger charge is 2.33. The van der Waals surface area contributed by atoms with Gasteiger partial charge in [0.25, 0.3) is 0 Å². The smallest absolute Gasteiger partial charge is 0.0613 e. The van der Waals surface area contributed by atoms with Crippen LogP contribution in [0.3, 0.4) is 0 Å². The zero-order valence-electron chi connectivity index (χ0n) is 10.9. The predicted octanol–water partition coefficient (Wildman–Crippen LogP) is 2.06. The largest absolute Gasteiger partial charge is 0.394 e. The second-order valence-corrected chi connectivity index (χ2v) is 5.60. The number of aliphatic hydroxyl groups excluding tert-OH is 1. The molecule has 0 aliphatic heterocycles. The van der Waals surface area contributed by atoms with E-state index in [-0.39, 0.29) is 12.1 Å². The molecule has 1 heterocycles. The van der Waals surface area contributed by atoms with Crippen LogP contribution >= 0.6 is 0 Å². The number of aryl methyl sites for hydroxylation is 1. The Bertz CT molecular complexity index is 361. The summed E-state index contributed by atoms with van der Waals surface area (Å²) in [4.78, 5) is 0. The normalized spacial score (nSPS) is 29.5. The van der Waals surface area contributed by atoms with Gasteiger partial charge in [0.05, 0.1) is 6.61 Å². The average molecular weight is 236 g/mol. The van der Waals surface area contributed by atoms with Crippen LogP contribution in [-0.2, 0) is 13.6 Å². The summed E-state index contributed by atoms with van der Waals surface area (Å²) in [5.41, 5.74) is 1.22. The maximum absolute atomic E-state index is 9.69. The molecule has 96 valence electrons. The van der Waals surface area contributed by atoms with Gasteiger partial charge < -0.3 is 15.0 Å². The summed E-state index contributed by atoms with van der Waals surface area (Å²) in [7, 11) is 2.06. The Labute approximate surface area is 104 Å². The molecule has 0 spiro atoms. The Morgan fingerprint density at radius 3 is 3.00 bits per heavy atom. The molecule has 1 aliphatic carbocycles. The molecule has 1 fully saturated rings. The summed E-state index contributed by atoms with van der Waals surface area (Å²) in [6.45, 7) is 3.38. The van der Waals surface area contributed by atoms with Crippen molar-refractivity contribution in [1.82, 2.24) is 9.88 Å². The van der Waals surface area contributed by atoms with Crippen LogP contribution in [0.25, 0.3) is 0 Å². The monoisotopic (exact) mass is 236 g/mol. The molecule has 0 radical (unpaired) electrons. The molecule has 1 saturated carbocycles. The molecule has 0 amide bonds. The third kappa shape index (κ3) is 2.90. The minimum Gasteiger partial charge on any atom is -0.394 e. The van der Waals surface area contributed by atoms with Gasteiger partial charge in [-0.3, -0.25) is 0 Å². The van der Waals surface area contributed by atoms with E-state index in [2.05, 4.69) is 42.2 Å². The number of aromatic nitrogens is 1. The highest BCUT2D eigenvalue weighted by molar-refractivity contribution is 5.07. The van der Waals surface area contributed by atoms with Gasteiger partial charge in [0.2, 0.25) is 0 Å². The first-order valence-electron chi connectivity index (χ1n) is 6.61. The summed E-state index contributed by atoms with van der Waals surface area (Å²) < 4.78 is 2.13. The molecular weight excluding hydrogens is 212 g/mol. The van der Waals surface area contributed by atoms with Crippen molar-refractivity contribution in [2.45, 2.75) is 44.7 Å². The van der Waals surface area contributed by atoms with Crippen LogP contribution in [0.5, 0.6) is 0 Å². The summed E-state index contributed by atoms with van der Waals surface area (Å²) in [6.07, 6.45) is 6.77. The fourth-order valence-electron chi connectivity index (χ4n) is 2.98. The molecule has 2 unspecified atom stereocenters. The fourth-order valence-corrected chi connectivity index (χ4v) is 2.98. The molecule has 1 aliphatic rings. The van der Waals surface area contributed by atoms with Crippen LogP contribution in [0.4, 0.5) is 0 Å². The van der Waals surface area contributed by atoms with Gasteiger partial charge >= 0.3 is 0 Å². The first-order chi connectivity index (χ1) is 8.15. The van der Waals surface area contributed by atoms with Gasteiger partial charge in [0.1, 0.15) is 0 Å². The lowest BCUT2D eigenvalue weighted by Crippen LogP contribution is -2.51. The van der Waals surface area contributed by atoms with Crippen molar-refractivity contribution in [2.24, 2.45) is 13.0 Å². The highest BCUT2D eigenvalue weighted by atomic mass is 16.3. The summed E-state index contributed by atoms with van der Waals surface area (Å²) in [5.74, 6) is 0.719. The zero-order valence-corrected chi connectivity index (χ0v) is 10.9. The van der Waals surface area contributed by atoms with Gasteiger partial charge in [-0.15, -0.1) is 0 Å². The molecule has 17 heavy (non-hydrogen) atoms. The van der Waals surface area contributed by atoms with E-state index in [1.807, 2.05) is 0 Å². The number of aliphatic hydroxyl groups is 1. The van der Waals surface area contributed by atoms with Gasteiger partial charge in [-0.25, -0.2) is 0 Å². The van der Waals surface area contributed by atoms with Gasteiger partial charge in [-0.2, -0.15) is 0 Å². The average Bonchev–Trinajstić information content (AvgIpc) is 2.72. The molecule has 0 saturated heterocycles. The van der Waals surface area contributed by atoms with Crippen LogP contribution in [0.2, 0.25) is 0 Å². The molecule has 0 aromatic carbocycles. The third-order valence-electron chi connectivity index (χ3n) is 4.09. The Hall–Kier alpha value is -0.800. The molecular formula is C14H24N2O. The predicted molar refractivity (Wildman–Crippen MR) is 69.7 cm³/mol. The number of nitrogens with zero attached hydrogens (tertiary/aromatic N) is 1. The van der Waals surface area contributed by atoms with Gasteiger partial charge in [-0.05, 0) is 30.9 Å². The molecule has 3 nitrogen and oxygen atoms in total. The molecule has 3 heteroatoms. The van der Waals surface area contributed by atoms with E-state index < -0.39 is 0 Å². The van der Waals surface area contributed by atoms with Crippen molar-refractivity contribution in [3.05, 3.63) is 24.0 Å². The lowest BCUT2D eigenvalue weighted by molar-refractivity contribution is 0.0977. The van der Waals surface area contributed by atoms with E-state index in [0.717, 1.165) is 25.3 Å². The van der Waals surface area contributed by atoms with Crippen LogP contribution in [0, 0.1) is 5.92 Å². The third-order valence-corrected chi connectivity index (χ3v) is 4.09. The van der Waals surface area contributed by atoms with Crippen molar-refractivity contribution in [3.8, 4) is 0 Å². The maximum atomic E-state index is 9.69. The van der Waals surface area contributed by atoms with Crippen molar-refractivity contribution in [1.29, 1.82) is 0 Å². The second-order valence-electron chi connectivity index (χ2n) is 5.60. The maximum Gasteiger partial charge on any atom is 0.0613 e. The Kier molecular flexibility index (Phi) is 3.89. The van der Waals surface area contributed by atoms with Gasteiger partial charge in [-0.1, -0.05) is 19.8 Å². The number of nitrogens with one attached hydrogen (secondary N) is 1. The van der Waals surface area contributed by atoms with Gasteiger partial charge in [0, 0.05) is 31.0 Å². The molecule has 1 aromatic heterocycles. The Morgan fingerprint density at radius 2 is 2.41 bits per heavy atom. The van der Waals surface area contributed by atoms with Gasteiger partial charge in [0.15, 0.2) is 0 Å². The zero-order chi connectivity index (χ0) is 12.3. The van der Waals surface area contributed by atoms with Crippen molar-refractivity contribution < 1.29 is 5.11 Å². The van der Waals surface area contributed by atoms with Crippen LogP contribution < -0.4 is 5.32 Å². The van der Waals surface area contributed by atoms with E-state index in [9.17, 15) is 5.11 Å². The van der Waals surface area contributed by atoms with Crippen LogP contribution in [-0.4, -0.2) is 21.8 Å².